The second-order valence-corrected chi connectivity index (χ2v) is 3.22. The molecule has 0 spiro atoms. The van der Waals surface area contributed by atoms with Crippen molar-refractivity contribution >= 4 is 11.7 Å². The fraction of sp³-hybridized carbons (Fsp3) is 0.714. The topological polar surface area (TPSA) is 46.0 Å². The van der Waals surface area contributed by atoms with Crippen LogP contribution in [-0.2, 0) is 0 Å². The van der Waals surface area contributed by atoms with E-state index in [1.54, 1.807) is 6.20 Å². The molecular weight excluding hydrogens is 160 g/mol. The molecule has 3 nitrogen and oxygen atoms in total. The third-order valence-corrected chi connectivity index (χ3v) is 2.36. The molecule has 0 aliphatic heterocycles. The fourth-order valence-electron chi connectivity index (χ4n) is 0.817. The van der Waals surface area contributed by atoms with E-state index in [2.05, 4.69) is 8.75 Å². The highest BCUT2D eigenvalue weighted by Crippen LogP contribution is 2.21. The molecule has 0 aliphatic rings. The van der Waals surface area contributed by atoms with Crippen LogP contribution in [-0.4, -0.2) is 13.9 Å². The third-order valence-electron chi connectivity index (χ3n) is 1.86. The van der Waals surface area contributed by atoms with Gasteiger partial charge in [-0.3, -0.25) is 0 Å². The van der Waals surface area contributed by atoms with Crippen molar-refractivity contribution in [3.05, 3.63) is 11.9 Å². The standard InChI is InChI=1S/C7H12N2OS/c1-3-5(2)7(10)6-4-8-11-9-6/h4-5,7,10H,3H2,1-2H3. The molecule has 2 atom stereocenters. The number of hydrogen-bond acceptors (Lipinski definition) is 4. The van der Waals surface area contributed by atoms with Crippen LogP contribution in [0.3, 0.4) is 0 Å². The number of rotatable bonds is 3. The molecule has 1 aromatic rings. The van der Waals surface area contributed by atoms with Gasteiger partial charge in [0.2, 0.25) is 0 Å². The van der Waals surface area contributed by atoms with Gasteiger partial charge in [0.25, 0.3) is 0 Å². The molecule has 1 heterocycles. The number of hydrogen-bond donors (Lipinski definition) is 1. The normalized spacial score (nSPS) is 16.3. The van der Waals surface area contributed by atoms with Crippen molar-refractivity contribution in [3.8, 4) is 0 Å². The Kier molecular flexibility index (Phi) is 2.96. The van der Waals surface area contributed by atoms with E-state index < -0.39 is 6.10 Å². The first-order chi connectivity index (χ1) is 5.25. The van der Waals surface area contributed by atoms with E-state index in [4.69, 9.17) is 0 Å². The highest BCUT2D eigenvalue weighted by molar-refractivity contribution is 6.99. The van der Waals surface area contributed by atoms with Crippen LogP contribution in [0.25, 0.3) is 0 Å². The fourth-order valence-corrected chi connectivity index (χ4v) is 1.27. The van der Waals surface area contributed by atoms with Crippen LogP contribution in [0.5, 0.6) is 0 Å². The highest BCUT2D eigenvalue weighted by atomic mass is 32.1. The molecule has 2 unspecified atom stereocenters. The van der Waals surface area contributed by atoms with Gasteiger partial charge in [-0.1, -0.05) is 20.3 Å². The van der Waals surface area contributed by atoms with Gasteiger partial charge in [0.15, 0.2) is 0 Å². The maximum absolute atomic E-state index is 9.58. The summed E-state index contributed by atoms with van der Waals surface area (Å²) < 4.78 is 7.80. The molecule has 1 rings (SSSR count). The van der Waals surface area contributed by atoms with Crippen LogP contribution < -0.4 is 0 Å². The zero-order valence-electron chi connectivity index (χ0n) is 6.69. The molecule has 0 bridgehead atoms. The molecule has 11 heavy (non-hydrogen) atoms. The quantitative estimate of drug-likeness (QED) is 0.753. The molecule has 0 saturated carbocycles. The van der Waals surface area contributed by atoms with E-state index in [1.165, 1.54) is 0 Å². The molecule has 0 radical (unpaired) electrons. The molecule has 0 aromatic carbocycles. The van der Waals surface area contributed by atoms with Crippen molar-refractivity contribution in [2.75, 3.05) is 0 Å². The van der Waals surface area contributed by atoms with Gasteiger partial charge in [0, 0.05) is 0 Å². The van der Waals surface area contributed by atoms with Crippen LogP contribution in [0, 0.1) is 5.92 Å². The first-order valence-electron chi connectivity index (χ1n) is 3.71. The first-order valence-corrected chi connectivity index (χ1v) is 4.44. The summed E-state index contributed by atoms with van der Waals surface area (Å²) >= 11 is 1.14. The van der Waals surface area contributed by atoms with Crippen LogP contribution in [0.15, 0.2) is 6.20 Å². The number of aliphatic hydroxyl groups excluding tert-OH is 1. The van der Waals surface area contributed by atoms with E-state index in [1.807, 2.05) is 13.8 Å². The predicted molar refractivity (Wildman–Crippen MR) is 44.3 cm³/mol. The zero-order chi connectivity index (χ0) is 8.27. The van der Waals surface area contributed by atoms with Crippen LogP contribution in [0.2, 0.25) is 0 Å². The predicted octanol–water partition coefficient (Wildman–Crippen LogP) is 1.62. The zero-order valence-corrected chi connectivity index (χ0v) is 7.51. The monoisotopic (exact) mass is 172 g/mol. The summed E-state index contributed by atoms with van der Waals surface area (Å²) in [7, 11) is 0. The summed E-state index contributed by atoms with van der Waals surface area (Å²) in [6.45, 7) is 4.05. The Labute approximate surface area is 70.4 Å². The Hall–Kier alpha value is -0.480. The summed E-state index contributed by atoms with van der Waals surface area (Å²) in [5.41, 5.74) is 0.698. The maximum atomic E-state index is 9.58. The SMILES string of the molecule is CCC(C)C(O)c1cnsn1. The van der Waals surface area contributed by atoms with Gasteiger partial charge >= 0.3 is 0 Å². The van der Waals surface area contributed by atoms with Gasteiger partial charge in [-0.05, 0) is 5.92 Å². The van der Waals surface area contributed by atoms with Gasteiger partial charge in [0.1, 0.15) is 11.8 Å². The second kappa shape index (κ2) is 3.78. The summed E-state index contributed by atoms with van der Waals surface area (Å²) in [5, 5.41) is 9.58. The van der Waals surface area contributed by atoms with Crippen molar-refractivity contribution in [3.63, 3.8) is 0 Å². The minimum Gasteiger partial charge on any atom is -0.386 e. The van der Waals surface area contributed by atoms with Gasteiger partial charge in [-0.15, -0.1) is 0 Å². The van der Waals surface area contributed by atoms with E-state index in [0.717, 1.165) is 18.1 Å². The van der Waals surface area contributed by atoms with Gasteiger partial charge in [-0.25, -0.2) is 0 Å². The lowest BCUT2D eigenvalue weighted by molar-refractivity contribution is 0.112. The molecule has 0 fully saturated rings. The summed E-state index contributed by atoms with van der Waals surface area (Å²) in [4.78, 5) is 0. The Balaban J connectivity index is 2.62. The van der Waals surface area contributed by atoms with Gasteiger partial charge in [0.05, 0.1) is 17.9 Å². The second-order valence-electron chi connectivity index (χ2n) is 2.66. The molecule has 4 heteroatoms. The molecule has 62 valence electrons. The van der Waals surface area contributed by atoms with Gasteiger partial charge in [-0.2, -0.15) is 8.75 Å². The average Bonchev–Trinajstić information content (AvgIpc) is 2.53. The van der Waals surface area contributed by atoms with E-state index >= 15 is 0 Å². The molecule has 1 aromatic heterocycles. The number of aromatic nitrogens is 2. The Morgan fingerprint density at radius 2 is 2.45 bits per heavy atom. The summed E-state index contributed by atoms with van der Waals surface area (Å²) in [5.74, 6) is 0.263. The van der Waals surface area contributed by atoms with Crippen molar-refractivity contribution in [2.45, 2.75) is 26.4 Å². The largest absolute Gasteiger partial charge is 0.386 e. The summed E-state index contributed by atoms with van der Waals surface area (Å²) in [6, 6.07) is 0. The average molecular weight is 172 g/mol. The minimum absolute atomic E-state index is 0.263. The molecule has 0 saturated heterocycles. The van der Waals surface area contributed by atoms with E-state index in [0.29, 0.717) is 5.69 Å². The van der Waals surface area contributed by atoms with Crippen molar-refractivity contribution in [1.29, 1.82) is 0 Å². The molecular formula is C7H12N2OS. The van der Waals surface area contributed by atoms with Crippen molar-refractivity contribution < 1.29 is 5.11 Å². The number of aliphatic hydroxyl groups is 1. The third kappa shape index (κ3) is 1.97. The number of nitrogens with zero attached hydrogens (tertiary/aromatic N) is 2. The maximum Gasteiger partial charge on any atom is 0.103 e. The van der Waals surface area contributed by atoms with Crippen molar-refractivity contribution in [2.24, 2.45) is 5.92 Å². The first kappa shape index (κ1) is 8.62. The van der Waals surface area contributed by atoms with Crippen LogP contribution in [0.4, 0.5) is 0 Å². The van der Waals surface area contributed by atoms with Crippen LogP contribution >= 0.6 is 11.7 Å². The summed E-state index contributed by atoms with van der Waals surface area (Å²) in [6.07, 6.45) is 2.14. The molecule has 0 amide bonds. The lowest BCUT2D eigenvalue weighted by Crippen LogP contribution is -2.07. The smallest absolute Gasteiger partial charge is 0.103 e. The Morgan fingerprint density at radius 1 is 1.73 bits per heavy atom. The highest BCUT2D eigenvalue weighted by Gasteiger charge is 2.16. The lowest BCUT2D eigenvalue weighted by Gasteiger charge is -2.13. The van der Waals surface area contributed by atoms with Crippen molar-refractivity contribution in [1.82, 2.24) is 8.75 Å². The Morgan fingerprint density at radius 3 is 2.91 bits per heavy atom. The molecule has 0 aliphatic carbocycles. The molecule has 1 N–H and O–H groups in total. The minimum atomic E-state index is -0.446. The Bertz CT molecular complexity index is 200. The lowest BCUT2D eigenvalue weighted by atomic mass is 10.0. The van der Waals surface area contributed by atoms with Crippen LogP contribution in [0.1, 0.15) is 32.1 Å². The van der Waals surface area contributed by atoms with E-state index in [-0.39, 0.29) is 5.92 Å². The van der Waals surface area contributed by atoms with Gasteiger partial charge < -0.3 is 5.11 Å². The van der Waals surface area contributed by atoms with E-state index in [9.17, 15) is 5.11 Å².